The number of ether oxygens (including phenoxy) is 2. The lowest BCUT2D eigenvalue weighted by Gasteiger charge is -2.21. The van der Waals surface area contributed by atoms with Gasteiger partial charge in [-0.2, -0.15) is 8.78 Å². The van der Waals surface area contributed by atoms with Crippen LogP contribution in [-0.2, 0) is 6.54 Å². The van der Waals surface area contributed by atoms with E-state index in [1.807, 2.05) is 0 Å². The van der Waals surface area contributed by atoms with Crippen molar-refractivity contribution in [2.45, 2.75) is 46.9 Å². The second kappa shape index (κ2) is 9.95. The van der Waals surface area contributed by atoms with Gasteiger partial charge in [-0.25, -0.2) is 0 Å². The molecule has 0 heterocycles. The quantitative estimate of drug-likeness (QED) is 0.561. The monoisotopic (exact) mass is 343 g/mol. The Labute approximate surface area is 142 Å². The molecule has 1 rings (SSSR count). The molecule has 0 aliphatic carbocycles. The molecule has 0 bridgehead atoms. The van der Waals surface area contributed by atoms with Gasteiger partial charge in [0.25, 0.3) is 0 Å². The van der Waals surface area contributed by atoms with Gasteiger partial charge in [0.1, 0.15) is 0 Å². The molecule has 1 aromatic rings. The van der Waals surface area contributed by atoms with E-state index in [1.165, 1.54) is 6.07 Å². The molecule has 0 radical (unpaired) electrons. The van der Waals surface area contributed by atoms with Crippen LogP contribution >= 0.6 is 0 Å². The zero-order valence-corrected chi connectivity index (χ0v) is 14.9. The molecular formula is C17H27F2N3O2. The van der Waals surface area contributed by atoms with Crippen LogP contribution in [0.4, 0.5) is 8.78 Å². The summed E-state index contributed by atoms with van der Waals surface area (Å²) in [5.41, 5.74) is 0.875. The molecule has 0 amide bonds. The molecule has 0 spiro atoms. The number of guanidine groups is 1. The zero-order valence-electron chi connectivity index (χ0n) is 14.9. The van der Waals surface area contributed by atoms with Crippen molar-refractivity contribution in [1.82, 2.24) is 10.6 Å². The van der Waals surface area contributed by atoms with Crippen LogP contribution in [0.3, 0.4) is 0 Å². The van der Waals surface area contributed by atoms with Crippen molar-refractivity contribution in [2.24, 2.45) is 10.9 Å². The van der Waals surface area contributed by atoms with Gasteiger partial charge in [-0.05, 0) is 37.5 Å². The van der Waals surface area contributed by atoms with Gasteiger partial charge in [-0.15, -0.1) is 0 Å². The average molecular weight is 343 g/mol. The number of rotatable bonds is 8. The number of hydrogen-bond acceptors (Lipinski definition) is 3. The van der Waals surface area contributed by atoms with E-state index in [0.717, 1.165) is 5.56 Å². The topological polar surface area (TPSA) is 54.9 Å². The molecule has 1 aromatic carbocycles. The number of benzene rings is 1. The van der Waals surface area contributed by atoms with Crippen molar-refractivity contribution < 1.29 is 18.3 Å². The molecule has 5 nitrogen and oxygen atoms in total. The number of nitrogens with zero attached hydrogens (tertiary/aromatic N) is 1. The summed E-state index contributed by atoms with van der Waals surface area (Å²) in [7, 11) is 1.70. The fourth-order valence-electron chi connectivity index (χ4n) is 1.89. The smallest absolute Gasteiger partial charge is 0.387 e. The van der Waals surface area contributed by atoms with Crippen LogP contribution in [0.25, 0.3) is 0 Å². The van der Waals surface area contributed by atoms with Gasteiger partial charge in [0, 0.05) is 19.6 Å². The van der Waals surface area contributed by atoms with E-state index in [4.69, 9.17) is 4.74 Å². The van der Waals surface area contributed by atoms with Crippen molar-refractivity contribution in [1.29, 1.82) is 0 Å². The largest absolute Gasteiger partial charge is 0.490 e. The van der Waals surface area contributed by atoms with E-state index in [1.54, 1.807) is 26.1 Å². The third-order valence-corrected chi connectivity index (χ3v) is 3.57. The number of aliphatic imine (C=N–C) groups is 1. The Balaban J connectivity index is 2.75. The highest BCUT2D eigenvalue weighted by Crippen LogP contribution is 2.29. The first-order valence-corrected chi connectivity index (χ1v) is 8.05. The van der Waals surface area contributed by atoms with E-state index < -0.39 is 6.61 Å². The van der Waals surface area contributed by atoms with Gasteiger partial charge < -0.3 is 20.1 Å². The van der Waals surface area contributed by atoms with Crippen molar-refractivity contribution in [3.8, 4) is 11.5 Å². The molecule has 0 fully saturated rings. The molecule has 1 atom stereocenters. The summed E-state index contributed by atoms with van der Waals surface area (Å²) >= 11 is 0. The van der Waals surface area contributed by atoms with Crippen LogP contribution in [0.15, 0.2) is 23.2 Å². The maximum atomic E-state index is 12.4. The Kier molecular flexibility index (Phi) is 8.29. The Hall–Kier alpha value is -2.05. The zero-order chi connectivity index (χ0) is 18.1. The van der Waals surface area contributed by atoms with Crippen LogP contribution in [0.5, 0.6) is 11.5 Å². The van der Waals surface area contributed by atoms with Crippen molar-refractivity contribution in [2.75, 3.05) is 13.7 Å². The highest BCUT2D eigenvalue weighted by atomic mass is 19.3. The first-order valence-electron chi connectivity index (χ1n) is 8.05. The SMILES string of the molecule is CCOc1cc(CNC(=NC)NC(C)C(C)C)ccc1OC(F)F. The Morgan fingerprint density at radius 3 is 2.46 bits per heavy atom. The number of alkyl halides is 2. The molecule has 0 aliphatic rings. The van der Waals surface area contributed by atoms with Crippen LogP contribution in [0.1, 0.15) is 33.3 Å². The van der Waals surface area contributed by atoms with Crippen LogP contribution in [0, 0.1) is 5.92 Å². The van der Waals surface area contributed by atoms with Crippen molar-refractivity contribution in [3.05, 3.63) is 23.8 Å². The molecule has 0 saturated heterocycles. The summed E-state index contributed by atoms with van der Waals surface area (Å²) in [5.74, 6) is 1.49. The Morgan fingerprint density at radius 2 is 1.92 bits per heavy atom. The summed E-state index contributed by atoms with van der Waals surface area (Å²) < 4.78 is 34.7. The lowest BCUT2D eigenvalue weighted by molar-refractivity contribution is -0.0514. The van der Waals surface area contributed by atoms with E-state index in [-0.39, 0.29) is 11.8 Å². The minimum Gasteiger partial charge on any atom is -0.490 e. The van der Waals surface area contributed by atoms with Gasteiger partial charge in [0.05, 0.1) is 6.61 Å². The molecule has 0 aliphatic heterocycles. The van der Waals surface area contributed by atoms with E-state index in [2.05, 4.69) is 41.1 Å². The minimum absolute atomic E-state index is 0.0338. The van der Waals surface area contributed by atoms with E-state index in [0.29, 0.717) is 30.8 Å². The Bertz CT molecular complexity index is 537. The summed E-state index contributed by atoms with van der Waals surface area (Å²) in [5, 5.41) is 6.49. The highest BCUT2D eigenvalue weighted by Gasteiger charge is 2.12. The third-order valence-electron chi connectivity index (χ3n) is 3.57. The number of nitrogens with one attached hydrogen (secondary N) is 2. The second-order valence-corrected chi connectivity index (χ2v) is 5.70. The second-order valence-electron chi connectivity index (χ2n) is 5.70. The molecule has 2 N–H and O–H groups in total. The lowest BCUT2D eigenvalue weighted by Crippen LogP contribution is -2.43. The number of halogens is 2. The molecule has 24 heavy (non-hydrogen) atoms. The molecule has 136 valence electrons. The highest BCUT2D eigenvalue weighted by molar-refractivity contribution is 5.79. The predicted octanol–water partition coefficient (Wildman–Crippen LogP) is 3.40. The summed E-state index contributed by atoms with van der Waals surface area (Å²) in [6.45, 7) is 6.10. The summed E-state index contributed by atoms with van der Waals surface area (Å²) in [6, 6.07) is 5.16. The minimum atomic E-state index is -2.88. The van der Waals surface area contributed by atoms with Crippen molar-refractivity contribution in [3.63, 3.8) is 0 Å². The fraction of sp³-hybridized carbons (Fsp3) is 0.588. The molecule has 1 unspecified atom stereocenters. The van der Waals surface area contributed by atoms with E-state index in [9.17, 15) is 8.78 Å². The third kappa shape index (κ3) is 6.60. The Morgan fingerprint density at radius 1 is 1.21 bits per heavy atom. The van der Waals surface area contributed by atoms with Gasteiger partial charge >= 0.3 is 6.61 Å². The first kappa shape index (κ1) is 20.0. The molecular weight excluding hydrogens is 316 g/mol. The van der Waals surface area contributed by atoms with Gasteiger partial charge in [0.2, 0.25) is 0 Å². The molecule has 0 saturated carbocycles. The van der Waals surface area contributed by atoms with Gasteiger partial charge in [0.15, 0.2) is 17.5 Å². The van der Waals surface area contributed by atoms with Crippen LogP contribution in [0.2, 0.25) is 0 Å². The molecule has 0 aromatic heterocycles. The number of hydrogen-bond donors (Lipinski definition) is 2. The van der Waals surface area contributed by atoms with Gasteiger partial charge in [-0.1, -0.05) is 19.9 Å². The first-order chi connectivity index (χ1) is 11.4. The molecule has 7 heteroatoms. The summed E-state index contributed by atoms with van der Waals surface area (Å²) in [4.78, 5) is 4.18. The standard InChI is InChI=1S/C17H27F2N3O2/c1-6-23-15-9-13(7-8-14(15)24-16(18)19)10-21-17(20-5)22-12(4)11(2)3/h7-9,11-12,16H,6,10H2,1-5H3,(H2,20,21,22). The average Bonchev–Trinajstić information content (AvgIpc) is 2.53. The van der Waals surface area contributed by atoms with Crippen LogP contribution < -0.4 is 20.1 Å². The summed E-state index contributed by atoms with van der Waals surface area (Å²) in [6.07, 6.45) is 0. The maximum Gasteiger partial charge on any atom is 0.387 e. The maximum absolute atomic E-state index is 12.4. The lowest BCUT2D eigenvalue weighted by atomic mass is 10.1. The van der Waals surface area contributed by atoms with Crippen LogP contribution in [-0.4, -0.2) is 32.3 Å². The fourth-order valence-corrected chi connectivity index (χ4v) is 1.89. The van der Waals surface area contributed by atoms with Gasteiger partial charge in [-0.3, -0.25) is 4.99 Å². The normalized spacial score (nSPS) is 13.1. The predicted molar refractivity (Wildman–Crippen MR) is 91.9 cm³/mol. The van der Waals surface area contributed by atoms with Crippen molar-refractivity contribution >= 4 is 5.96 Å². The van der Waals surface area contributed by atoms with E-state index >= 15 is 0 Å².